The Morgan fingerprint density at radius 2 is 1.62 bits per heavy atom. The van der Waals surface area contributed by atoms with Gasteiger partial charge in [-0.15, -0.1) is 24.0 Å². The summed E-state index contributed by atoms with van der Waals surface area (Å²) in [6.45, 7) is 3.32. The van der Waals surface area contributed by atoms with Gasteiger partial charge < -0.3 is 20.4 Å². The monoisotopic (exact) mass is 453 g/mol. The van der Waals surface area contributed by atoms with Gasteiger partial charge >= 0.3 is 0 Å². The van der Waals surface area contributed by atoms with E-state index in [4.69, 9.17) is 0 Å². The lowest BCUT2D eigenvalue weighted by Crippen LogP contribution is -2.49. The second kappa shape index (κ2) is 10.7. The molecule has 0 aliphatic heterocycles. The Hall–Kier alpha value is -1.06. The second-order valence-electron chi connectivity index (χ2n) is 6.52. The number of aliphatic imine (C=N–C) groups is 1. The number of guanidine groups is 1. The van der Waals surface area contributed by atoms with Crippen LogP contribution in [0.15, 0.2) is 4.99 Å². The van der Waals surface area contributed by atoms with Crippen molar-refractivity contribution in [2.75, 3.05) is 47.8 Å². The lowest BCUT2D eigenvalue weighted by Gasteiger charge is -2.31. The van der Waals surface area contributed by atoms with Crippen molar-refractivity contribution in [3.8, 4) is 0 Å². The first-order chi connectivity index (χ1) is 10.8. The minimum absolute atomic E-state index is 0. The number of halogens is 1. The molecule has 0 unspecified atom stereocenters. The van der Waals surface area contributed by atoms with Gasteiger partial charge in [-0.05, 0) is 19.8 Å². The molecule has 24 heavy (non-hydrogen) atoms. The fourth-order valence-electron chi connectivity index (χ4n) is 2.88. The van der Waals surface area contributed by atoms with Crippen molar-refractivity contribution in [3.05, 3.63) is 0 Å². The highest BCUT2D eigenvalue weighted by molar-refractivity contribution is 14.0. The maximum absolute atomic E-state index is 12.6. The maximum Gasteiger partial charge on any atom is 0.243 e. The van der Waals surface area contributed by atoms with Gasteiger partial charge in [0.2, 0.25) is 11.8 Å². The van der Waals surface area contributed by atoms with Crippen molar-refractivity contribution in [1.82, 2.24) is 20.4 Å². The summed E-state index contributed by atoms with van der Waals surface area (Å²) in [5.74, 6) is 0.699. The minimum Gasteiger partial charge on any atom is -0.357 e. The Balaban J connectivity index is 0.00000529. The van der Waals surface area contributed by atoms with Gasteiger partial charge in [-0.2, -0.15) is 0 Å². The summed E-state index contributed by atoms with van der Waals surface area (Å²) in [5.41, 5.74) is -0.356. The first-order valence-corrected chi connectivity index (χ1v) is 8.26. The number of hydrogen-bond donors (Lipinski definition) is 2. The molecule has 140 valence electrons. The van der Waals surface area contributed by atoms with E-state index in [0.717, 1.165) is 25.7 Å². The predicted octanol–water partition coefficient (Wildman–Crippen LogP) is 0.896. The largest absolute Gasteiger partial charge is 0.357 e. The van der Waals surface area contributed by atoms with Gasteiger partial charge in [-0.1, -0.05) is 12.8 Å². The zero-order chi connectivity index (χ0) is 17.5. The number of likely N-dealkylation sites (N-methyl/N-ethyl adjacent to an activating group) is 1. The molecule has 0 aromatic carbocycles. The van der Waals surface area contributed by atoms with Crippen LogP contribution >= 0.6 is 24.0 Å². The van der Waals surface area contributed by atoms with Gasteiger partial charge in [-0.3, -0.25) is 9.59 Å². The van der Waals surface area contributed by atoms with Crippen LogP contribution in [0.4, 0.5) is 0 Å². The summed E-state index contributed by atoms with van der Waals surface area (Å²) in [7, 11) is 7.03. The van der Waals surface area contributed by atoms with Crippen LogP contribution in [0.2, 0.25) is 0 Å². The zero-order valence-electron chi connectivity index (χ0n) is 15.5. The zero-order valence-corrected chi connectivity index (χ0v) is 17.8. The van der Waals surface area contributed by atoms with E-state index in [9.17, 15) is 9.59 Å². The quantitative estimate of drug-likeness (QED) is 0.356. The highest BCUT2D eigenvalue weighted by Gasteiger charge is 2.42. The van der Waals surface area contributed by atoms with E-state index >= 15 is 0 Å². The Kier molecular flexibility index (Phi) is 10.3. The van der Waals surface area contributed by atoms with Crippen molar-refractivity contribution in [3.63, 3.8) is 0 Å². The highest BCUT2D eigenvalue weighted by Crippen LogP contribution is 2.38. The van der Waals surface area contributed by atoms with Gasteiger partial charge in [0.25, 0.3) is 0 Å². The van der Waals surface area contributed by atoms with Crippen LogP contribution in [0.1, 0.15) is 32.6 Å². The summed E-state index contributed by atoms with van der Waals surface area (Å²) in [6, 6.07) is 0. The lowest BCUT2D eigenvalue weighted by atomic mass is 9.84. The predicted molar refractivity (Wildman–Crippen MR) is 108 cm³/mol. The van der Waals surface area contributed by atoms with Crippen LogP contribution in [-0.2, 0) is 9.59 Å². The number of amides is 2. The van der Waals surface area contributed by atoms with Crippen LogP contribution in [-0.4, -0.2) is 75.4 Å². The van der Waals surface area contributed by atoms with E-state index in [-0.39, 0.29) is 47.8 Å². The van der Waals surface area contributed by atoms with Gasteiger partial charge in [0.1, 0.15) is 6.54 Å². The average Bonchev–Trinajstić information content (AvgIpc) is 2.98. The number of nitrogens with zero attached hydrogens (tertiary/aromatic N) is 3. The minimum atomic E-state index is -0.356. The number of carbonyl (C=O) groups is 2. The highest BCUT2D eigenvalue weighted by atomic mass is 127. The van der Waals surface area contributed by atoms with E-state index in [0.29, 0.717) is 19.0 Å². The molecular formula is C16H32IN5O2. The Labute approximate surface area is 162 Å². The van der Waals surface area contributed by atoms with E-state index < -0.39 is 0 Å². The van der Waals surface area contributed by atoms with E-state index in [1.54, 1.807) is 33.1 Å². The number of nitrogens with one attached hydrogen (secondary N) is 2. The smallest absolute Gasteiger partial charge is 0.243 e. The molecule has 1 aliphatic carbocycles. The molecule has 0 spiro atoms. The molecule has 2 amide bonds. The van der Waals surface area contributed by atoms with E-state index in [1.165, 1.54) is 4.90 Å². The molecule has 0 bridgehead atoms. The third-order valence-corrected chi connectivity index (χ3v) is 4.23. The van der Waals surface area contributed by atoms with Gasteiger partial charge in [-0.25, -0.2) is 4.99 Å². The molecule has 1 aliphatic rings. The Bertz CT molecular complexity index is 446. The molecule has 0 aromatic heterocycles. The van der Waals surface area contributed by atoms with Crippen molar-refractivity contribution in [1.29, 1.82) is 0 Å². The standard InChI is InChI=1S/C16H31N5O2.HI/c1-6-17-15(18-11-13(22)20(2)3)19-12-16(9-7-8-10-16)14(23)21(4)5;/h6-12H2,1-5H3,(H2,17,18,19);1H. The van der Waals surface area contributed by atoms with Gasteiger partial charge in [0.15, 0.2) is 5.96 Å². The van der Waals surface area contributed by atoms with Gasteiger partial charge in [0, 0.05) is 41.3 Å². The average molecular weight is 453 g/mol. The van der Waals surface area contributed by atoms with Crippen LogP contribution < -0.4 is 10.6 Å². The Morgan fingerprint density at radius 3 is 2.08 bits per heavy atom. The summed E-state index contributed by atoms with van der Waals surface area (Å²) in [5, 5.41) is 6.38. The first kappa shape index (κ1) is 22.9. The molecule has 0 radical (unpaired) electrons. The van der Waals surface area contributed by atoms with Crippen molar-refractivity contribution >= 4 is 41.8 Å². The second-order valence-corrected chi connectivity index (χ2v) is 6.52. The maximum atomic E-state index is 12.6. The molecule has 0 aromatic rings. The van der Waals surface area contributed by atoms with Gasteiger partial charge in [0.05, 0.1) is 5.41 Å². The molecule has 8 heteroatoms. The van der Waals surface area contributed by atoms with Crippen molar-refractivity contribution < 1.29 is 9.59 Å². The third-order valence-electron chi connectivity index (χ3n) is 4.23. The SMILES string of the molecule is CCNC(=NCC(=O)N(C)C)NCC1(C(=O)N(C)C)CCCC1.I. The van der Waals surface area contributed by atoms with Crippen molar-refractivity contribution in [2.24, 2.45) is 10.4 Å². The third kappa shape index (κ3) is 6.45. The van der Waals surface area contributed by atoms with Crippen LogP contribution in [0.5, 0.6) is 0 Å². The molecule has 0 saturated heterocycles. The normalized spacial score (nSPS) is 16.1. The summed E-state index contributed by atoms with van der Waals surface area (Å²) < 4.78 is 0. The fraction of sp³-hybridized carbons (Fsp3) is 0.812. The van der Waals surface area contributed by atoms with E-state index in [2.05, 4.69) is 15.6 Å². The van der Waals surface area contributed by atoms with Crippen LogP contribution in [0, 0.1) is 5.41 Å². The number of hydrogen-bond acceptors (Lipinski definition) is 3. The number of carbonyl (C=O) groups excluding carboxylic acids is 2. The molecule has 1 saturated carbocycles. The van der Waals surface area contributed by atoms with Crippen molar-refractivity contribution in [2.45, 2.75) is 32.6 Å². The lowest BCUT2D eigenvalue weighted by molar-refractivity contribution is -0.138. The summed E-state index contributed by atoms with van der Waals surface area (Å²) in [6.07, 6.45) is 3.95. The van der Waals surface area contributed by atoms with Crippen LogP contribution in [0.25, 0.3) is 0 Å². The summed E-state index contributed by atoms with van der Waals surface area (Å²) >= 11 is 0. The number of rotatable bonds is 6. The molecular weight excluding hydrogens is 421 g/mol. The summed E-state index contributed by atoms with van der Waals surface area (Å²) in [4.78, 5) is 31.7. The molecule has 1 rings (SSSR count). The molecule has 1 fully saturated rings. The first-order valence-electron chi connectivity index (χ1n) is 8.26. The fourth-order valence-corrected chi connectivity index (χ4v) is 2.88. The molecule has 7 nitrogen and oxygen atoms in total. The molecule has 0 heterocycles. The Morgan fingerprint density at radius 1 is 1.04 bits per heavy atom. The van der Waals surface area contributed by atoms with E-state index in [1.807, 2.05) is 6.92 Å². The van der Waals surface area contributed by atoms with Crippen LogP contribution in [0.3, 0.4) is 0 Å². The molecule has 0 atom stereocenters. The topological polar surface area (TPSA) is 77.0 Å². The molecule has 2 N–H and O–H groups in total.